The van der Waals surface area contributed by atoms with Crippen LogP contribution >= 0.6 is 15.9 Å². The fourth-order valence-electron chi connectivity index (χ4n) is 1.10. The zero-order chi connectivity index (χ0) is 12.3. The molecule has 16 heavy (non-hydrogen) atoms. The summed E-state index contributed by atoms with van der Waals surface area (Å²) in [6, 6.07) is 4.51. The van der Waals surface area contributed by atoms with E-state index in [4.69, 9.17) is 4.74 Å². The summed E-state index contributed by atoms with van der Waals surface area (Å²) in [6.07, 6.45) is 0. The molecule has 1 aromatic carbocycles. The SMILES string of the molecule is COc1ccc(Br)cc1S(=O)(=O)NC(C)=O. The molecule has 0 saturated carbocycles. The van der Waals surface area contributed by atoms with E-state index in [0.717, 1.165) is 6.92 Å². The largest absolute Gasteiger partial charge is 0.495 e. The Morgan fingerprint density at radius 3 is 2.56 bits per heavy atom. The van der Waals surface area contributed by atoms with Crippen LogP contribution in [-0.2, 0) is 14.8 Å². The van der Waals surface area contributed by atoms with Gasteiger partial charge in [0.1, 0.15) is 10.6 Å². The van der Waals surface area contributed by atoms with Crippen LogP contribution in [0.2, 0.25) is 0 Å². The van der Waals surface area contributed by atoms with Crippen LogP contribution < -0.4 is 9.46 Å². The van der Waals surface area contributed by atoms with Crippen molar-refractivity contribution in [2.75, 3.05) is 7.11 Å². The third-order valence-electron chi connectivity index (χ3n) is 1.69. The van der Waals surface area contributed by atoms with Gasteiger partial charge >= 0.3 is 0 Å². The molecule has 0 atom stereocenters. The van der Waals surface area contributed by atoms with Crippen molar-refractivity contribution in [3.63, 3.8) is 0 Å². The fraction of sp³-hybridized carbons (Fsp3) is 0.222. The van der Waals surface area contributed by atoms with Crippen LogP contribution in [0.4, 0.5) is 0 Å². The number of benzene rings is 1. The number of methoxy groups -OCH3 is 1. The van der Waals surface area contributed by atoms with E-state index >= 15 is 0 Å². The molecule has 1 rings (SSSR count). The standard InChI is InChI=1S/C9H10BrNO4S/c1-6(12)11-16(13,14)9-5-7(10)3-4-8(9)15-2/h3-5H,1-2H3,(H,11,12). The number of hydrogen-bond donors (Lipinski definition) is 1. The lowest BCUT2D eigenvalue weighted by Crippen LogP contribution is -2.28. The summed E-state index contributed by atoms with van der Waals surface area (Å²) in [5.41, 5.74) is 0. The first-order valence-electron chi connectivity index (χ1n) is 4.24. The summed E-state index contributed by atoms with van der Waals surface area (Å²) in [7, 11) is -2.52. The van der Waals surface area contributed by atoms with Crippen LogP contribution in [-0.4, -0.2) is 21.4 Å². The van der Waals surface area contributed by atoms with E-state index in [-0.39, 0.29) is 10.6 Å². The summed E-state index contributed by atoms with van der Waals surface area (Å²) < 4.78 is 30.9. The third-order valence-corrected chi connectivity index (χ3v) is 3.64. The van der Waals surface area contributed by atoms with Crippen molar-refractivity contribution in [1.29, 1.82) is 0 Å². The number of amides is 1. The summed E-state index contributed by atoms with van der Waals surface area (Å²) in [6.45, 7) is 1.13. The molecule has 0 fully saturated rings. The molecule has 0 aromatic heterocycles. The molecule has 0 radical (unpaired) electrons. The number of nitrogens with one attached hydrogen (secondary N) is 1. The van der Waals surface area contributed by atoms with Gasteiger partial charge in [-0.05, 0) is 18.2 Å². The molecule has 0 unspecified atom stereocenters. The van der Waals surface area contributed by atoms with Gasteiger partial charge in [0, 0.05) is 11.4 Å². The molecule has 0 aliphatic carbocycles. The molecule has 1 amide bonds. The maximum absolute atomic E-state index is 11.7. The predicted octanol–water partition coefficient (Wildman–Crippen LogP) is 1.28. The summed E-state index contributed by atoms with van der Waals surface area (Å²) >= 11 is 3.15. The van der Waals surface area contributed by atoms with Gasteiger partial charge in [-0.1, -0.05) is 15.9 Å². The highest BCUT2D eigenvalue weighted by molar-refractivity contribution is 9.10. The minimum atomic E-state index is -3.88. The second kappa shape index (κ2) is 4.84. The Bertz CT molecular complexity index is 512. The first-order valence-corrected chi connectivity index (χ1v) is 6.51. The summed E-state index contributed by atoms with van der Waals surface area (Å²) in [4.78, 5) is 10.7. The zero-order valence-electron chi connectivity index (χ0n) is 8.65. The number of carbonyl (C=O) groups excluding carboxylic acids is 1. The van der Waals surface area contributed by atoms with Gasteiger partial charge in [-0.2, -0.15) is 0 Å². The number of halogens is 1. The quantitative estimate of drug-likeness (QED) is 0.913. The molecular weight excluding hydrogens is 298 g/mol. The fourth-order valence-corrected chi connectivity index (χ4v) is 2.80. The average molecular weight is 308 g/mol. The third kappa shape index (κ3) is 2.96. The van der Waals surface area contributed by atoms with E-state index in [1.165, 1.54) is 19.2 Å². The second-order valence-electron chi connectivity index (χ2n) is 2.96. The lowest BCUT2D eigenvalue weighted by Gasteiger charge is -2.09. The first kappa shape index (κ1) is 13.0. The van der Waals surface area contributed by atoms with Crippen molar-refractivity contribution in [3.8, 4) is 5.75 Å². The first-order chi connectivity index (χ1) is 7.36. The van der Waals surface area contributed by atoms with Gasteiger partial charge in [-0.3, -0.25) is 4.79 Å². The minimum absolute atomic E-state index is 0.0837. The smallest absolute Gasteiger partial charge is 0.267 e. The monoisotopic (exact) mass is 307 g/mol. The van der Waals surface area contributed by atoms with Gasteiger partial charge in [0.05, 0.1) is 7.11 Å². The highest BCUT2D eigenvalue weighted by Crippen LogP contribution is 2.26. The van der Waals surface area contributed by atoms with Gasteiger partial charge in [-0.25, -0.2) is 13.1 Å². The number of sulfonamides is 1. The lowest BCUT2D eigenvalue weighted by atomic mass is 10.3. The molecule has 0 aliphatic heterocycles. The van der Waals surface area contributed by atoms with Gasteiger partial charge in [0.25, 0.3) is 10.0 Å². The van der Waals surface area contributed by atoms with Crippen LogP contribution in [0.5, 0.6) is 5.75 Å². The Labute approximate surface area is 102 Å². The Balaban J connectivity index is 3.31. The van der Waals surface area contributed by atoms with Crippen LogP contribution in [0.15, 0.2) is 27.6 Å². The Kier molecular flexibility index (Phi) is 3.93. The van der Waals surface area contributed by atoms with Gasteiger partial charge < -0.3 is 4.74 Å². The molecule has 0 spiro atoms. The topological polar surface area (TPSA) is 72.5 Å². The van der Waals surface area contributed by atoms with Gasteiger partial charge in [-0.15, -0.1) is 0 Å². The van der Waals surface area contributed by atoms with Crippen molar-refractivity contribution >= 4 is 31.9 Å². The summed E-state index contributed by atoms with van der Waals surface area (Å²) in [5.74, 6) is -0.473. The highest BCUT2D eigenvalue weighted by Gasteiger charge is 2.20. The van der Waals surface area contributed by atoms with Crippen molar-refractivity contribution < 1.29 is 17.9 Å². The average Bonchev–Trinajstić information content (AvgIpc) is 2.15. The molecule has 0 aliphatic rings. The van der Waals surface area contributed by atoms with Crippen molar-refractivity contribution in [3.05, 3.63) is 22.7 Å². The Morgan fingerprint density at radius 1 is 1.44 bits per heavy atom. The molecule has 7 heteroatoms. The molecular formula is C9H10BrNO4S. The predicted molar refractivity (Wildman–Crippen MR) is 61.7 cm³/mol. The van der Waals surface area contributed by atoms with E-state index in [1.54, 1.807) is 6.07 Å². The van der Waals surface area contributed by atoms with E-state index in [0.29, 0.717) is 4.47 Å². The van der Waals surface area contributed by atoms with Gasteiger partial charge in [0.15, 0.2) is 0 Å². The van der Waals surface area contributed by atoms with E-state index < -0.39 is 15.9 Å². The number of hydrogen-bond acceptors (Lipinski definition) is 4. The Morgan fingerprint density at radius 2 is 2.06 bits per heavy atom. The second-order valence-corrected chi connectivity index (χ2v) is 5.52. The maximum Gasteiger partial charge on any atom is 0.267 e. The van der Waals surface area contributed by atoms with Crippen LogP contribution in [0.25, 0.3) is 0 Å². The van der Waals surface area contributed by atoms with E-state index in [2.05, 4.69) is 15.9 Å². The zero-order valence-corrected chi connectivity index (χ0v) is 11.1. The van der Waals surface area contributed by atoms with Crippen LogP contribution in [0.3, 0.4) is 0 Å². The molecule has 5 nitrogen and oxygen atoms in total. The maximum atomic E-state index is 11.7. The number of ether oxygens (including phenoxy) is 1. The summed E-state index contributed by atoms with van der Waals surface area (Å²) in [5, 5.41) is 0. The van der Waals surface area contributed by atoms with E-state index in [1.807, 2.05) is 4.72 Å². The molecule has 88 valence electrons. The minimum Gasteiger partial charge on any atom is -0.495 e. The Hall–Kier alpha value is -1.08. The normalized spacial score (nSPS) is 10.9. The number of rotatable bonds is 3. The number of carbonyl (C=O) groups is 1. The molecule has 0 saturated heterocycles. The molecule has 0 bridgehead atoms. The van der Waals surface area contributed by atoms with Crippen LogP contribution in [0, 0.1) is 0 Å². The van der Waals surface area contributed by atoms with Crippen LogP contribution in [0.1, 0.15) is 6.92 Å². The van der Waals surface area contributed by atoms with Crippen molar-refractivity contribution in [1.82, 2.24) is 4.72 Å². The van der Waals surface area contributed by atoms with Crippen molar-refractivity contribution in [2.24, 2.45) is 0 Å². The van der Waals surface area contributed by atoms with Gasteiger partial charge in [0.2, 0.25) is 5.91 Å². The molecule has 1 N–H and O–H groups in total. The lowest BCUT2D eigenvalue weighted by molar-refractivity contribution is -0.117. The molecule has 0 heterocycles. The highest BCUT2D eigenvalue weighted by atomic mass is 79.9. The van der Waals surface area contributed by atoms with E-state index in [9.17, 15) is 13.2 Å². The van der Waals surface area contributed by atoms with Crippen molar-refractivity contribution in [2.45, 2.75) is 11.8 Å². The molecule has 1 aromatic rings.